The van der Waals surface area contributed by atoms with Crippen LogP contribution in [-0.4, -0.2) is 39.5 Å². The second-order valence-corrected chi connectivity index (χ2v) is 7.51. The molecular formula is C25H38N2O2. The average Bonchev–Trinajstić information content (AvgIpc) is 2.68. The van der Waals surface area contributed by atoms with Crippen molar-refractivity contribution >= 4 is 0 Å². The molecule has 2 aromatic rings. The fourth-order valence-electron chi connectivity index (χ4n) is 3.79. The van der Waals surface area contributed by atoms with Gasteiger partial charge in [0.2, 0.25) is 0 Å². The molecule has 29 heavy (non-hydrogen) atoms. The van der Waals surface area contributed by atoms with Gasteiger partial charge in [-0.15, -0.1) is 0 Å². The minimum Gasteiger partial charge on any atom is -0.380 e. The first-order valence-electron chi connectivity index (χ1n) is 10.8. The van der Waals surface area contributed by atoms with Crippen LogP contribution in [0.5, 0.6) is 0 Å². The first-order chi connectivity index (χ1) is 14.1. The highest BCUT2D eigenvalue weighted by molar-refractivity contribution is 5.74. The molecule has 0 aliphatic rings. The van der Waals surface area contributed by atoms with Crippen LogP contribution in [0, 0.1) is 20.8 Å². The van der Waals surface area contributed by atoms with E-state index in [1.165, 1.54) is 38.9 Å². The second-order valence-electron chi connectivity index (χ2n) is 7.51. The van der Waals surface area contributed by atoms with Crippen molar-refractivity contribution in [3.63, 3.8) is 0 Å². The maximum absolute atomic E-state index is 5.46. The van der Waals surface area contributed by atoms with Crippen molar-refractivity contribution in [2.75, 3.05) is 39.5 Å². The van der Waals surface area contributed by atoms with Crippen LogP contribution in [0.2, 0.25) is 0 Å². The second kappa shape index (κ2) is 12.8. The van der Waals surface area contributed by atoms with Crippen LogP contribution in [0.25, 0.3) is 11.1 Å². The number of hydrogen-bond acceptors (Lipinski definition) is 4. The highest BCUT2D eigenvalue weighted by Crippen LogP contribution is 2.31. The van der Waals surface area contributed by atoms with E-state index >= 15 is 0 Å². The summed E-state index contributed by atoms with van der Waals surface area (Å²) in [6.45, 7) is 17.1. The van der Waals surface area contributed by atoms with E-state index in [0.717, 1.165) is 52.6 Å². The molecule has 0 fully saturated rings. The average molecular weight is 399 g/mol. The summed E-state index contributed by atoms with van der Waals surface area (Å²) in [7, 11) is 0. The largest absolute Gasteiger partial charge is 0.380 e. The van der Waals surface area contributed by atoms with Crippen LogP contribution in [0.15, 0.2) is 30.3 Å². The Morgan fingerprint density at radius 1 is 0.759 bits per heavy atom. The topological polar surface area (TPSA) is 42.5 Å². The molecule has 2 rings (SSSR count). The molecule has 0 heterocycles. The molecule has 0 aliphatic heterocycles. The summed E-state index contributed by atoms with van der Waals surface area (Å²) >= 11 is 0. The van der Waals surface area contributed by atoms with Crippen molar-refractivity contribution in [3.05, 3.63) is 58.1 Å². The Kier molecular flexibility index (Phi) is 10.4. The lowest BCUT2D eigenvalue weighted by molar-refractivity contribution is 0.149. The quantitative estimate of drug-likeness (QED) is 0.487. The molecule has 0 aliphatic carbocycles. The van der Waals surface area contributed by atoms with Crippen LogP contribution in [0.3, 0.4) is 0 Å². The van der Waals surface area contributed by atoms with Crippen molar-refractivity contribution in [1.29, 1.82) is 0 Å². The molecule has 0 spiro atoms. The van der Waals surface area contributed by atoms with Crippen LogP contribution in [0.1, 0.15) is 41.7 Å². The summed E-state index contributed by atoms with van der Waals surface area (Å²) in [6.07, 6.45) is 0. The Balaban J connectivity index is 2.20. The fourth-order valence-corrected chi connectivity index (χ4v) is 3.79. The molecule has 4 heteroatoms. The minimum atomic E-state index is 0.743. The molecular weight excluding hydrogens is 360 g/mol. The van der Waals surface area contributed by atoms with Gasteiger partial charge in [0.15, 0.2) is 0 Å². The molecule has 4 nitrogen and oxygen atoms in total. The summed E-state index contributed by atoms with van der Waals surface area (Å²) in [5.41, 5.74) is 9.29. The van der Waals surface area contributed by atoms with Crippen molar-refractivity contribution in [2.24, 2.45) is 0 Å². The lowest BCUT2D eigenvalue weighted by Crippen LogP contribution is -2.21. The number of hydrogen-bond donors (Lipinski definition) is 2. The Morgan fingerprint density at radius 2 is 1.34 bits per heavy atom. The summed E-state index contributed by atoms with van der Waals surface area (Å²) in [4.78, 5) is 0. The summed E-state index contributed by atoms with van der Waals surface area (Å²) in [6, 6.07) is 11.4. The molecule has 0 atom stereocenters. The third-order valence-corrected chi connectivity index (χ3v) is 5.02. The van der Waals surface area contributed by atoms with Crippen LogP contribution in [0.4, 0.5) is 0 Å². The van der Waals surface area contributed by atoms with E-state index < -0.39 is 0 Å². The normalized spacial score (nSPS) is 11.2. The third kappa shape index (κ3) is 7.56. The maximum atomic E-state index is 5.46. The lowest BCUT2D eigenvalue weighted by Gasteiger charge is -2.18. The van der Waals surface area contributed by atoms with Gasteiger partial charge in [0.1, 0.15) is 0 Å². The molecule has 0 radical (unpaired) electrons. The molecule has 0 saturated carbocycles. The Morgan fingerprint density at radius 3 is 1.93 bits per heavy atom. The standard InChI is InChI=1S/C25H38N2O2/c1-6-28-12-10-26-17-22-8-9-24(23(16-22)18-27-11-13-29-7-2)25-20(4)14-19(3)15-21(25)5/h8-9,14-16,26-27H,6-7,10-13,17-18H2,1-5H3. The number of benzene rings is 2. The zero-order valence-corrected chi connectivity index (χ0v) is 18.9. The Labute approximate surface area is 177 Å². The maximum Gasteiger partial charge on any atom is 0.0590 e. The highest BCUT2D eigenvalue weighted by atomic mass is 16.5. The van der Waals surface area contributed by atoms with Crippen molar-refractivity contribution in [1.82, 2.24) is 10.6 Å². The van der Waals surface area contributed by atoms with Crippen molar-refractivity contribution in [3.8, 4) is 11.1 Å². The van der Waals surface area contributed by atoms with E-state index in [0.29, 0.717) is 0 Å². The molecule has 0 aromatic heterocycles. The summed E-state index contributed by atoms with van der Waals surface area (Å²) < 4.78 is 10.9. The molecule has 0 amide bonds. The van der Waals surface area contributed by atoms with Gasteiger partial charge in [-0.3, -0.25) is 0 Å². The van der Waals surface area contributed by atoms with Crippen LogP contribution >= 0.6 is 0 Å². The SMILES string of the molecule is CCOCCNCc1ccc(-c2c(C)cc(C)cc2C)c(CNCCOCC)c1. The zero-order chi connectivity index (χ0) is 21.1. The van der Waals surface area contributed by atoms with Gasteiger partial charge in [0.05, 0.1) is 13.2 Å². The number of ether oxygens (including phenoxy) is 2. The highest BCUT2D eigenvalue weighted by Gasteiger charge is 2.12. The third-order valence-electron chi connectivity index (χ3n) is 5.02. The van der Waals surface area contributed by atoms with Gasteiger partial charge in [-0.25, -0.2) is 0 Å². The summed E-state index contributed by atoms with van der Waals surface area (Å²) in [5.74, 6) is 0. The van der Waals surface area contributed by atoms with E-state index in [9.17, 15) is 0 Å². The Bertz CT molecular complexity index is 735. The van der Waals surface area contributed by atoms with Crippen LogP contribution in [-0.2, 0) is 22.6 Å². The van der Waals surface area contributed by atoms with Gasteiger partial charge in [0.25, 0.3) is 0 Å². The monoisotopic (exact) mass is 398 g/mol. The molecule has 0 saturated heterocycles. The van der Waals surface area contributed by atoms with E-state index in [1.807, 2.05) is 13.8 Å². The van der Waals surface area contributed by atoms with Crippen molar-refractivity contribution < 1.29 is 9.47 Å². The van der Waals surface area contributed by atoms with E-state index in [-0.39, 0.29) is 0 Å². The van der Waals surface area contributed by atoms with Gasteiger partial charge in [-0.2, -0.15) is 0 Å². The van der Waals surface area contributed by atoms with Crippen molar-refractivity contribution in [2.45, 2.75) is 47.7 Å². The predicted octanol–water partition coefficient (Wildman–Crippen LogP) is 4.53. The predicted molar refractivity (Wildman–Crippen MR) is 122 cm³/mol. The van der Waals surface area contributed by atoms with E-state index in [1.54, 1.807) is 0 Å². The van der Waals surface area contributed by atoms with Gasteiger partial charge in [0, 0.05) is 39.4 Å². The minimum absolute atomic E-state index is 0.743. The fraction of sp³-hybridized carbons (Fsp3) is 0.520. The first-order valence-corrected chi connectivity index (χ1v) is 10.8. The molecule has 2 N–H and O–H groups in total. The molecule has 0 bridgehead atoms. The first kappa shape index (κ1) is 23.6. The van der Waals surface area contributed by atoms with Gasteiger partial charge < -0.3 is 20.1 Å². The lowest BCUT2D eigenvalue weighted by atomic mass is 9.90. The Hall–Kier alpha value is -1.72. The zero-order valence-electron chi connectivity index (χ0n) is 18.9. The van der Waals surface area contributed by atoms with E-state index in [2.05, 4.69) is 61.7 Å². The number of rotatable bonds is 13. The van der Waals surface area contributed by atoms with Gasteiger partial charge >= 0.3 is 0 Å². The number of nitrogens with one attached hydrogen (secondary N) is 2. The molecule has 160 valence electrons. The molecule has 0 unspecified atom stereocenters. The number of aryl methyl sites for hydroxylation is 3. The van der Waals surface area contributed by atoms with Gasteiger partial charge in [-0.1, -0.05) is 35.9 Å². The summed E-state index contributed by atoms with van der Waals surface area (Å²) in [5, 5.41) is 7.01. The van der Waals surface area contributed by atoms with E-state index in [4.69, 9.17) is 9.47 Å². The van der Waals surface area contributed by atoms with Crippen LogP contribution < -0.4 is 10.6 Å². The van der Waals surface area contributed by atoms with Gasteiger partial charge in [-0.05, 0) is 68.0 Å². The molecule has 2 aromatic carbocycles. The smallest absolute Gasteiger partial charge is 0.0590 e.